The average molecular weight is 254 g/mol. The molecular formula is C17H18O2. The second-order valence-corrected chi connectivity index (χ2v) is 4.45. The van der Waals surface area contributed by atoms with Crippen molar-refractivity contribution in [2.24, 2.45) is 0 Å². The van der Waals surface area contributed by atoms with Crippen molar-refractivity contribution < 1.29 is 9.53 Å². The SMILES string of the molecule is CCCC(=O)c1ccccc1-c1ccc(OC)cc1. The zero-order chi connectivity index (χ0) is 13.7. The van der Waals surface area contributed by atoms with E-state index in [1.807, 2.05) is 55.5 Å². The van der Waals surface area contributed by atoms with Crippen LogP contribution in [0.25, 0.3) is 11.1 Å². The van der Waals surface area contributed by atoms with Crippen molar-refractivity contribution in [2.45, 2.75) is 19.8 Å². The Morgan fingerprint density at radius 3 is 2.37 bits per heavy atom. The topological polar surface area (TPSA) is 26.3 Å². The number of hydrogen-bond donors (Lipinski definition) is 0. The maximum Gasteiger partial charge on any atom is 0.163 e. The zero-order valence-corrected chi connectivity index (χ0v) is 11.3. The zero-order valence-electron chi connectivity index (χ0n) is 11.3. The van der Waals surface area contributed by atoms with Crippen molar-refractivity contribution in [3.63, 3.8) is 0 Å². The Balaban J connectivity index is 2.40. The highest BCUT2D eigenvalue weighted by molar-refractivity contribution is 6.02. The van der Waals surface area contributed by atoms with Crippen LogP contribution >= 0.6 is 0 Å². The molecule has 0 heterocycles. The van der Waals surface area contributed by atoms with Crippen molar-refractivity contribution in [2.75, 3.05) is 7.11 Å². The predicted molar refractivity (Wildman–Crippen MR) is 77.7 cm³/mol. The summed E-state index contributed by atoms with van der Waals surface area (Å²) >= 11 is 0. The summed E-state index contributed by atoms with van der Waals surface area (Å²) in [6.07, 6.45) is 1.46. The highest BCUT2D eigenvalue weighted by Gasteiger charge is 2.11. The fourth-order valence-electron chi connectivity index (χ4n) is 2.11. The Bertz CT molecular complexity index is 556. The molecule has 0 N–H and O–H groups in total. The normalized spacial score (nSPS) is 10.2. The van der Waals surface area contributed by atoms with Crippen molar-refractivity contribution >= 4 is 5.78 Å². The van der Waals surface area contributed by atoms with Crippen LogP contribution in [-0.2, 0) is 0 Å². The van der Waals surface area contributed by atoms with Crippen LogP contribution < -0.4 is 4.74 Å². The van der Waals surface area contributed by atoms with Crippen molar-refractivity contribution in [1.82, 2.24) is 0 Å². The molecule has 0 aliphatic rings. The summed E-state index contributed by atoms with van der Waals surface area (Å²) in [5, 5.41) is 0. The molecule has 98 valence electrons. The molecule has 0 radical (unpaired) electrons. The van der Waals surface area contributed by atoms with Crippen molar-refractivity contribution in [3.05, 3.63) is 54.1 Å². The molecule has 0 aliphatic carbocycles. The van der Waals surface area contributed by atoms with E-state index in [2.05, 4.69) is 0 Å². The second-order valence-electron chi connectivity index (χ2n) is 4.45. The third-order valence-electron chi connectivity index (χ3n) is 3.11. The highest BCUT2D eigenvalue weighted by atomic mass is 16.5. The molecule has 0 spiro atoms. The largest absolute Gasteiger partial charge is 0.497 e. The highest BCUT2D eigenvalue weighted by Crippen LogP contribution is 2.26. The summed E-state index contributed by atoms with van der Waals surface area (Å²) < 4.78 is 5.15. The smallest absolute Gasteiger partial charge is 0.163 e. The maximum absolute atomic E-state index is 12.1. The molecule has 2 heteroatoms. The number of ketones is 1. The minimum Gasteiger partial charge on any atom is -0.497 e. The number of Topliss-reactive ketones (excluding diaryl/α,β-unsaturated/α-hetero) is 1. The maximum atomic E-state index is 12.1. The van der Waals surface area contributed by atoms with Gasteiger partial charge in [0.05, 0.1) is 7.11 Å². The Hall–Kier alpha value is -2.09. The van der Waals surface area contributed by atoms with E-state index < -0.39 is 0 Å². The standard InChI is InChI=1S/C17H18O2/c1-3-6-17(18)16-8-5-4-7-15(16)13-9-11-14(19-2)12-10-13/h4-5,7-12H,3,6H2,1-2H3. The van der Waals surface area contributed by atoms with E-state index in [1.165, 1.54) is 0 Å². The van der Waals surface area contributed by atoms with Crippen LogP contribution in [0.5, 0.6) is 5.75 Å². The molecular weight excluding hydrogens is 236 g/mol. The first-order chi connectivity index (χ1) is 9.26. The fourth-order valence-corrected chi connectivity index (χ4v) is 2.11. The molecule has 0 aromatic heterocycles. The lowest BCUT2D eigenvalue weighted by molar-refractivity contribution is 0.0982. The van der Waals surface area contributed by atoms with E-state index in [1.54, 1.807) is 7.11 Å². The lowest BCUT2D eigenvalue weighted by Crippen LogP contribution is -2.00. The van der Waals surface area contributed by atoms with Gasteiger partial charge in [-0.3, -0.25) is 4.79 Å². The Morgan fingerprint density at radius 1 is 1.05 bits per heavy atom. The van der Waals surface area contributed by atoms with Gasteiger partial charge in [0.1, 0.15) is 5.75 Å². The molecule has 0 saturated carbocycles. The van der Waals surface area contributed by atoms with Gasteiger partial charge in [-0.1, -0.05) is 43.3 Å². The number of rotatable bonds is 5. The third kappa shape index (κ3) is 3.02. The third-order valence-corrected chi connectivity index (χ3v) is 3.11. The number of carbonyl (C=O) groups excluding carboxylic acids is 1. The lowest BCUT2D eigenvalue weighted by Gasteiger charge is -2.09. The molecule has 0 aliphatic heterocycles. The Labute approximate surface area is 114 Å². The van der Waals surface area contributed by atoms with Crippen LogP contribution in [-0.4, -0.2) is 12.9 Å². The van der Waals surface area contributed by atoms with Crippen LogP contribution in [0.1, 0.15) is 30.1 Å². The molecule has 2 rings (SSSR count). The van der Waals surface area contributed by atoms with Crippen LogP contribution in [0.4, 0.5) is 0 Å². The number of benzene rings is 2. The fraction of sp³-hybridized carbons (Fsp3) is 0.235. The minimum absolute atomic E-state index is 0.203. The second kappa shape index (κ2) is 6.19. The van der Waals surface area contributed by atoms with Gasteiger partial charge in [-0.05, 0) is 29.7 Å². The monoisotopic (exact) mass is 254 g/mol. The van der Waals surface area contributed by atoms with E-state index in [0.29, 0.717) is 6.42 Å². The molecule has 2 aromatic rings. The van der Waals surface area contributed by atoms with Gasteiger partial charge in [0.25, 0.3) is 0 Å². The molecule has 0 atom stereocenters. The summed E-state index contributed by atoms with van der Waals surface area (Å²) in [6.45, 7) is 2.02. The number of ether oxygens (including phenoxy) is 1. The number of hydrogen-bond acceptors (Lipinski definition) is 2. The van der Waals surface area contributed by atoms with Gasteiger partial charge in [-0.15, -0.1) is 0 Å². The molecule has 0 fully saturated rings. The van der Waals surface area contributed by atoms with E-state index in [9.17, 15) is 4.79 Å². The first kappa shape index (κ1) is 13.3. The molecule has 2 nitrogen and oxygen atoms in total. The molecule has 0 amide bonds. The van der Waals surface area contributed by atoms with Crippen molar-refractivity contribution in [3.8, 4) is 16.9 Å². The van der Waals surface area contributed by atoms with Gasteiger partial charge in [-0.25, -0.2) is 0 Å². The molecule has 0 bridgehead atoms. The van der Waals surface area contributed by atoms with Crippen LogP contribution in [0, 0.1) is 0 Å². The van der Waals surface area contributed by atoms with Crippen molar-refractivity contribution in [1.29, 1.82) is 0 Å². The summed E-state index contributed by atoms with van der Waals surface area (Å²) in [5.41, 5.74) is 2.83. The van der Waals surface area contributed by atoms with E-state index in [4.69, 9.17) is 4.74 Å². The molecule has 19 heavy (non-hydrogen) atoms. The van der Waals surface area contributed by atoms with Gasteiger partial charge in [0.15, 0.2) is 5.78 Å². The molecule has 0 unspecified atom stereocenters. The van der Waals surface area contributed by atoms with E-state index in [0.717, 1.165) is 28.9 Å². The van der Waals surface area contributed by atoms with Gasteiger partial charge in [-0.2, -0.15) is 0 Å². The summed E-state index contributed by atoms with van der Waals surface area (Å²) in [7, 11) is 1.65. The average Bonchev–Trinajstić information content (AvgIpc) is 2.47. The van der Waals surface area contributed by atoms with E-state index in [-0.39, 0.29) is 5.78 Å². The van der Waals surface area contributed by atoms with Crippen LogP contribution in [0.2, 0.25) is 0 Å². The van der Waals surface area contributed by atoms with Gasteiger partial charge in [0, 0.05) is 12.0 Å². The van der Waals surface area contributed by atoms with Gasteiger partial charge < -0.3 is 4.74 Å². The predicted octanol–water partition coefficient (Wildman–Crippen LogP) is 4.35. The number of methoxy groups -OCH3 is 1. The molecule has 2 aromatic carbocycles. The van der Waals surface area contributed by atoms with Gasteiger partial charge >= 0.3 is 0 Å². The van der Waals surface area contributed by atoms with Crippen LogP contribution in [0.3, 0.4) is 0 Å². The number of carbonyl (C=O) groups is 1. The van der Waals surface area contributed by atoms with E-state index >= 15 is 0 Å². The first-order valence-corrected chi connectivity index (χ1v) is 6.53. The summed E-state index contributed by atoms with van der Waals surface area (Å²) in [6, 6.07) is 15.6. The minimum atomic E-state index is 0.203. The Kier molecular flexibility index (Phi) is 4.35. The molecule has 0 saturated heterocycles. The summed E-state index contributed by atoms with van der Waals surface area (Å²) in [5.74, 6) is 1.02. The quantitative estimate of drug-likeness (QED) is 0.742. The van der Waals surface area contributed by atoms with Crippen LogP contribution in [0.15, 0.2) is 48.5 Å². The first-order valence-electron chi connectivity index (χ1n) is 6.53. The Morgan fingerprint density at radius 2 is 1.74 bits per heavy atom. The summed E-state index contributed by atoms with van der Waals surface area (Å²) in [4.78, 5) is 12.1. The van der Waals surface area contributed by atoms with Gasteiger partial charge in [0.2, 0.25) is 0 Å². The lowest BCUT2D eigenvalue weighted by atomic mass is 9.95.